The van der Waals surface area contributed by atoms with Crippen molar-refractivity contribution < 1.29 is 37.6 Å². The van der Waals surface area contributed by atoms with Crippen LogP contribution in [0.4, 0.5) is 0 Å². The van der Waals surface area contributed by atoms with E-state index < -0.39 is 32.5 Å². The molecule has 0 bridgehead atoms. The van der Waals surface area contributed by atoms with Gasteiger partial charge in [0, 0.05) is 19.4 Å². The molecule has 0 heterocycles. The molecule has 3 N–H and O–H groups in total. The minimum atomic E-state index is -4.40. The lowest BCUT2D eigenvalue weighted by molar-refractivity contribution is -0.161. The van der Waals surface area contributed by atoms with E-state index >= 15 is 0 Å². The fourth-order valence-corrected chi connectivity index (χ4v) is 7.66. The Labute approximate surface area is 421 Å². The van der Waals surface area contributed by atoms with E-state index in [0.29, 0.717) is 6.42 Å². The fourth-order valence-electron chi connectivity index (χ4n) is 6.90. The average molecular weight is 980 g/mol. The van der Waals surface area contributed by atoms with Crippen molar-refractivity contribution in [3.63, 3.8) is 0 Å². The third kappa shape index (κ3) is 53.6. The van der Waals surface area contributed by atoms with Crippen LogP contribution in [0.15, 0.2) is 122 Å². The van der Waals surface area contributed by atoms with E-state index in [1.807, 2.05) is 0 Å². The normalized spacial score (nSPS) is 14.1. The van der Waals surface area contributed by atoms with Crippen LogP contribution in [-0.4, -0.2) is 49.3 Å². The number of unbranched alkanes of at least 4 members (excludes halogenated alkanes) is 16. The Balaban J connectivity index is 4.14. The molecule has 9 nitrogen and oxygen atoms in total. The van der Waals surface area contributed by atoms with Crippen molar-refractivity contribution >= 4 is 19.8 Å². The van der Waals surface area contributed by atoms with Crippen molar-refractivity contribution in [1.82, 2.24) is 0 Å². The molecular weight excluding hydrogens is 882 g/mol. The summed E-state index contributed by atoms with van der Waals surface area (Å²) in [7, 11) is -4.40. The summed E-state index contributed by atoms with van der Waals surface area (Å²) < 4.78 is 32.9. The van der Waals surface area contributed by atoms with Crippen LogP contribution >= 0.6 is 7.82 Å². The van der Waals surface area contributed by atoms with Crippen molar-refractivity contribution in [2.24, 2.45) is 5.73 Å². The number of phosphoric acid groups is 1. The number of phosphoric ester groups is 1. The minimum Gasteiger partial charge on any atom is -0.462 e. The van der Waals surface area contributed by atoms with Gasteiger partial charge in [-0.3, -0.25) is 18.6 Å². The van der Waals surface area contributed by atoms with Crippen LogP contribution in [0.25, 0.3) is 0 Å². The summed E-state index contributed by atoms with van der Waals surface area (Å²) in [6.07, 6.45) is 73.9. The first-order valence-corrected chi connectivity index (χ1v) is 28.5. The molecule has 0 aromatic rings. The molecule has 0 aromatic heterocycles. The molecule has 0 saturated carbocycles. The predicted octanol–water partition coefficient (Wildman–Crippen LogP) is 16.8. The molecule has 0 spiro atoms. The number of allylic oxidation sites excluding steroid dienone is 20. The molecule has 0 amide bonds. The van der Waals surface area contributed by atoms with E-state index in [1.165, 1.54) is 77.0 Å². The van der Waals surface area contributed by atoms with Crippen molar-refractivity contribution in [1.29, 1.82) is 0 Å². The Bertz CT molecular complexity index is 1540. The van der Waals surface area contributed by atoms with Gasteiger partial charge in [-0.15, -0.1) is 0 Å². The molecule has 0 aliphatic carbocycles. The lowest BCUT2D eigenvalue weighted by Crippen LogP contribution is -2.29. The summed E-state index contributed by atoms with van der Waals surface area (Å²) in [5.41, 5.74) is 5.36. The van der Waals surface area contributed by atoms with Gasteiger partial charge in [0.15, 0.2) is 6.10 Å². The van der Waals surface area contributed by atoms with Crippen molar-refractivity contribution in [3.8, 4) is 0 Å². The van der Waals surface area contributed by atoms with Gasteiger partial charge in [0.2, 0.25) is 0 Å². The molecule has 10 heteroatoms. The van der Waals surface area contributed by atoms with Crippen LogP contribution < -0.4 is 5.73 Å². The number of carbonyl (C=O) groups is 2. The summed E-state index contributed by atoms with van der Waals surface area (Å²) in [6.45, 7) is 3.57. The zero-order chi connectivity index (χ0) is 50.2. The topological polar surface area (TPSA) is 134 Å². The summed E-state index contributed by atoms with van der Waals surface area (Å²) in [5, 5.41) is 0. The Hall–Kier alpha value is -3.59. The van der Waals surface area contributed by atoms with E-state index in [2.05, 4.69) is 135 Å². The van der Waals surface area contributed by atoms with E-state index in [1.54, 1.807) is 0 Å². The maximum Gasteiger partial charge on any atom is 0.472 e. The van der Waals surface area contributed by atoms with E-state index in [4.69, 9.17) is 24.3 Å². The number of hydrogen-bond donors (Lipinski definition) is 2. The second-order valence-electron chi connectivity index (χ2n) is 17.4. The number of hydrogen-bond acceptors (Lipinski definition) is 8. The molecule has 0 aromatic carbocycles. The van der Waals surface area contributed by atoms with Gasteiger partial charge in [-0.1, -0.05) is 225 Å². The highest BCUT2D eigenvalue weighted by atomic mass is 31.2. The smallest absolute Gasteiger partial charge is 0.462 e. The second-order valence-corrected chi connectivity index (χ2v) is 18.8. The third-order valence-corrected chi connectivity index (χ3v) is 11.8. The zero-order valence-electron chi connectivity index (χ0n) is 43.5. The zero-order valence-corrected chi connectivity index (χ0v) is 44.4. The van der Waals surface area contributed by atoms with Gasteiger partial charge in [-0.05, 0) is 89.9 Å². The van der Waals surface area contributed by atoms with Gasteiger partial charge in [0.25, 0.3) is 0 Å². The van der Waals surface area contributed by atoms with E-state index in [0.717, 1.165) is 96.3 Å². The monoisotopic (exact) mass is 980 g/mol. The van der Waals surface area contributed by atoms with Crippen LogP contribution in [0.5, 0.6) is 0 Å². The van der Waals surface area contributed by atoms with Crippen molar-refractivity contribution in [3.05, 3.63) is 122 Å². The average Bonchev–Trinajstić information content (AvgIpc) is 3.34. The number of carbonyl (C=O) groups excluding carboxylic acids is 2. The number of rotatable bonds is 49. The largest absolute Gasteiger partial charge is 0.472 e. The number of ether oxygens (including phenoxy) is 2. The van der Waals surface area contributed by atoms with Gasteiger partial charge in [-0.2, -0.15) is 0 Å². The molecule has 69 heavy (non-hydrogen) atoms. The molecule has 0 radical (unpaired) electrons. The first-order chi connectivity index (χ1) is 33.8. The minimum absolute atomic E-state index is 0.0407. The summed E-state index contributed by atoms with van der Waals surface area (Å²) in [5.74, 6) is -0.884. The molecule has 2 unspecified atom stereocenters. The van der Waals surface area contributed by atoms with Gasteiger partial charge >= 0.3 is 19.8 Å². The van der Waals surface area contributed by atoms with Crippen LogP contribution in [0.2, 0.25) is 0 Å². The van der Waals surface area contributed by atoms with E-state index in [-0.39, 0.29) is 32.6 Å². The first kappa shape index (κ1) is 65.4. The Morgan fingerprint density at radius 1 is 0.449 bits per heavy atom. The first-order valence-electron chi connectivity index (χ1n) is 27.0. The van der Waals surface area contributed by atoms with Crippen LogP contribution in [0.1, 0.15) is 206 Å². The summed E-state index contributed by atoms with van der Waals surface area (Å²) in [4.78, 5) is 35.0. The molecular formula is C59H98NO8P. The Kier molecular flexibility index (Phi) is 51.0. The molecule has 0 saturated heterocycles. The molecule has 0 aliphatic rings. The molecule has 2 atom stereocenters. The number of nitrogens with two attached hydrogens (primary N) is 1. The molecule has 392 valence electrons. The standard InChI is InChI=1S/C59H98NO8P/c1-3-5-7-9-11-13-15-17-19-20-21-22-23-24-25-26-27-28-29-30-31-32-33-34-35-36-38-40-42-44-46-48-50-52-59(62)68-57(56-67-69(63,64)66-54-53-60)55-65-58(61)51-49-47-45-43-41-39-37-18-16-14-12-10-8-6-4-2/h5,7,11,13,17,19,21-22,24-25,27-28,30-31,33-34,36,38,42,44,57H,3-4,6,8-10,12,14-16,18,20,23,26,29,32,35,37,39-41,43,45-56,60H2,1-2H3,(H,63,64)/b7-5-,13-11-,19-17-,22-21-,25-24-,28-27-,31-30-,34-33-,38-36-,44-42-. The maximum absolute atomic E-state index is 12.7. The van der Waals surface area contributed by atoms with E-state index in [9.17, 15) is 19.0 Å². The van der Waals surface area contributed by atoms with Crippen LogP contribution in [0, 0.1) is 0 Å². The Morgan fingerprint density at radius 2 is 0.797 bits per heavy atom. The molecule has 0 aliphatic heterocycles. The molecule has 0 fully saturated rings. The SMILES string of the molecule is CC/C=C\C/C=C\C/C=C\C/C=C\C/C=C\C/C=C\C/C=C\C/C=C\C/C=C\C/C=C\CCCCC(=O)OC(COC(=O)CCCCCCCCCCCCCCCCC)COP(=O)(O)OCCN. The highest BCUT2D eigenvalue weighted by molar-refractivity contribution is 7.47. The maximum atomic E-state index is 12.7. The Morgan fingerprint density at radius 3 is 1.19 bits per heavy atom. The van der Waals surface area contributed by atoms with Gasteiger partial charge < -0.3 is 20.1 Å². The fraction of sp³-hybridized carbons (Fsp3) is 0.627. The quantitative estimate of drug-likeness (QED) is 0.0264. The highest BCUT2D eigenvalue weighted by Crippen LogP contribution is 2.43. The predicted molar refractivity (Wildman–Crippen MR) is 293 cm³/mol. The van der Waals surface area contributed by atoms with Crippen LogP contribution in [0.3, 0.4) is 0 Å². The lowest BCUT2D eigenvalue weighted by atomic mass is 10.0. The van der Waals surface area contributed by atoms with Crippen molar-refractivity contribution in [2.75, 3.05) is 26.4 Å². The molecule has 0 rings (SSSR count). The van der Waals surface area contributed by atoms with Gasteiger partial charge in [0.1, 0.15) is 6.61 Å². The third-order valence-electron chi connectivity index (χ3n) is 10.9. The van der Waals surface area contributed by atoms with Gasteiger partial charge in [0.05, 0.1) is 13.2 Å². The van der Waals surface area contributed by atoms with Crippen molar-refractivity contribution in [2.45, 2.75) is 213 Å². The van der Waals surface area contributed by atoms with Gasteiger partial charge in [-0.25, -0.2) is 4.57 Å². The summed E-state index contributed by atoms with van der Waals surface area (Å²) in [6, 6.07) is 0. The lowest BCUT2D eigenvalue weighted by Gasteiger charge is -2.19. The summed E-state index contributed by atoms with van der Waals surface area (Å²) >= 11 is 0. The van der Waals surface area contributed by atoms with Crippen LogP contribution in [-0.2, 0) is 32.7 Å². The highest BCUT2D eigenvalue weighted by Gasteiger charge is 2.26. The second kappa shape index (κ2) is 53.8. The number of esters is 2.